The Morgan fingerprint density at radius 1 is 1.16 bits per heavy atom. The molecule has 0 fully saturated rings. The molecule has 6 heteroatoms. The first kappa shape index (κ1) is 19.0. The zero-order valence-corrected chi connectivity index (χ0v) is 15.0. The molecule has 5 nitrogen and oxygen atoms in total. The number of esters is 1. The van der Waals surface area contributed by atoms with Crippen molar-refractivity contribution in [2.45, 2.75) is 13.0 Å². The predicted molar refractivity (Wildman–Crippen MR) is 98.8 cm³/mol. The van der Waals surface area contributed by atoms with Gasteiger partial charge in [0, 0.05) is 19.5 Å². The fourth-order valence-electron chi connectivity index (χ4n) is 2.35. The molecule has 0 radical (unpaired) electrons. The van der Waals surface area contributed by atoms with Crippen molar-refractivity contribution in [1.29, 1.82) is 0 Å². The molecule has 0 aliphatic rings. The highest BCUT2D eigenvalue weighted by Gasteiger charge is 2.12. The number of carbonyl (C=O) groups is 2. The summed E-state index contributed by atoms with van der Waals surface area (Å²) in [5.41, 5.74) is 1.93. The van der Waals surface area contributed by atoms with Crippen molar-refractivity contribution in [1.82, 2.24) is 4.90 Å². The number of methoxy groups -OCH3 is 1. The normalized spacial score (nSPS) is 10.6. The topological polar surface area (TPSA) is 58.6 Å². The van der Waals surface area contributed by atoms with Crippen LogP contribution in [0.2, 0.25) is 5.02 Å². The fraction of sp³-hybridized carbons (Fsp3) is 0.263. The Balaban J connectivity index is 1.88. The van der Waals surface area contributed by atoms with Gasteiger partial charge in [0.15, 0.2) is 0 Å². The van der Waals surface area contributed by atoms with Crippen LogP contribution in [0.5, 0.6) is 0 Å². The number of hydrogen-bond donors (Lipinski definition) is 1. The zero-order chi connectivity index (χ0) is 18.2. The fourth-order valence-corrected chi connectivity index (χ4v) is 2.51. The summed E-state index contributed by atoms with van der Waals surface area (Å²) in [7, 11) is 3.27. The van der Waals surface area contributed by atoms with Gasteiger partial charge in [-0.25, -0.2) is 4.79 Å². The number of amides is 1. The monoisotopic (exact) mass is 360 g/mol. The van der Waals surface area contributed by atoms with Crippen LogP contribution in [0.1, 0.15) is 22.3 Å². The molecule has 2 aromatic carbocycles. The van der Waals surface area contributed by atoms with Crippen molar-refractivity contribution in [3.8, 4) is 0 Å². The number of halogens is 1. The molecule has 0 bridgehead atoms. The summed E-state index contributed by atoms with van der Waals surface area (Å²) in [6.45, 7) is 1.38. The molecule has 0 aromatic heterocycles. The molecule has 2 rings (SSSR count). The van der Waals surface area contributed by atoms with Crippen LogP contribution in [0.15, 0.2) is 48.5 Å². The van der Waals surface area contributed by atoms with Crippen molar-refractivity contribution < 1.29 is 14.3 Å². The van der Waals surface area contributed by atoms with E-state index < -0.39 is 5.97 Å². The molecule has 0 atom stereocenters. The second-order valence-corrected chi connectivity index (χ2v) is 6.11. The van der Waals surface area contributed by atoms with Crippen molar-refractivity contribution in [3.63, 3.8) is 0 Å². The maximum Gasteiger partial charge on any atom is 0.337 e. The molecule has 0 unspecified atom stereocenters. The van der Waals surface area contributed by atoms with Gasteiger partial charge in [0.25, 0.3) is 0 Å². The van der Waals surface area contributed by atoms with E-state index in [4.69, 9.17) is 11.6 Å². The Kier molecular flexibility index (Phi) is 6.98. The Hall–Kier alpha value is -2.37. The highest BCUT2D eigenvalue weighted by Crippen LogP contribution is 2.23. The summed E-state index contributed by atoms with van der Waals surface area (Å²) in [4.78, 5) is 25.8. The number of nitrogens with one attached hydrogen (secondary N) is 1. The number of benzene rings is 2. The molecule has 132 valence electrons. The van der Waals surface area contributed by atoms with Gasteiger partial charge in [-0.2, -0.15) is 0 Å². The van der Waals surface area contributed by atoms with Crippen LogP contribution >= 0.6 is 11.6 Å². The summed E-state index contributed by atoms with van der Waals surface area (Å²) in [6, 6.07) is 14.7. The standard InChI is InChI=1S/C19H21ClN2O3/c1-22(13-14-6-4-3-5-7-14)11-10-18(23)21-17-12-15(19(24)25-2)8-9-16(17)20/h3-9,12H,10-11,13H2,1-2H3,(H,21,23). The van der Waals surface area contributed by atoms with E-state index in [-0.39, 0.29) is 5.91 Å². The lowest BCUT2D eigenvalue weighted by atomic mass is 10.2. The number of hydrogen-bond acceptors (Lipinski definition) is 4. The van der Waals surface area contributed by atoms with Crippen molar-refractivity contribution in [3.05, 3.63) is 64.7 Å². The van der Waals surface area contributed by atoms with Gasteiger partial charge in [-0.05, 0) is 30.8 Å². The summed E-state index contributed by atoms with van der Waals surface area (Å²) in [5, 5.41) is 3.12. The molecular weight excluding hydrogens is 340 g/mol. The maximum atomic E-state index is 12.2. The van der Waals surface area contributed by atoms with Gasteiger partial charge in [-0.1, -0.05) is 41.9 Å². The van der Waals surface area contributed by atoms with E-state index in [0.717, 1.165) is 6.54 Å². The van der Waals surface area contributed by atoms with E-state index in [0.29, 0.717) is 29.2 Å². The van der Waals surface area contributed by atoms with Crippen molar-refractivity contribution in [2.24, 2.45) is 0 Å². The third-order valence-electron chi connectivity index (χ3n) is 3.68. The Labute approximate surface area is 152 Å². The minimum Gasteiger partial charge on any atom is -0.465 e. The Bertz CT molecular complexity index is 735. The van der Waals surface area contributed by atoms with Crippen LogP contribution in [0.25, 0.3) is 0 Å². The smallest absolute Gasteiger partial charge is 0.337 e. The number of ether oxygens (including phenoxy) is 1. The van der Waals surface area contributed by atoms with Gasteiger partial charge in [-0.3, -0.25) is 4.79 Å². The van der Waals surface area contributed by atoms with Crippen LogP contribution < -0.4 is 5.32 Å². The third-order valence-corrected chi connectivity index (χ3v) is 4.01. The van der Waals surface area contributed by atoms with Crippen LogP contribution in [0.4, 0.5) is 5.69 Å². The summed E-state index contributed by atoms with van der Waals surface area (Å²) in [5.74, 6) is -0.640. The molecule has 0 heterocycles. The van der Waals surface area contributed by atoms with Gasteiger partial charge in [0.1, 0.15) is 0 Å². The average Bonchev–Trinajstić information content (AvgIpc) is 2.62. The van der Waals surface area contributed by atoms with Crippen LogP contribution in [-0.4, -0.2) is 37.5 Å². The minimum absolute atomic E-state index is 0.163. The Morgan fingerprint density at radius 2 is 1.88 bits per heavy atom. The first-order valence-electron chi connectivity index (χ1n) is 7.90. The molecule has 1 amide bonds. The highest BCUT2D eigenvalue weighted by atomic mass is 35.5. The van der Waals surface area contributed by atoms with E-state index >= 15 is 0 Å². The third kappa shape index (κ3) is 5.89. The largest absolute Gasteiger partial charge is 0.465 e. The minimum atomic E-state index is -0.477. The molecular formula is C19H21ClN2O3. The molecule has 0 aliphatic carbocycles. The lowest BCUT2D eigenvalue weighted by molar-refractivity contribution is -0.116. The van der Waals surface area contributed by atoms with Gasteiger partial charge in [0.2, 0.25) is 5.91 Å². The van der Waals surface area contributed by atoms with Gasteiger partial charge < -0.3 is 15.0 Å². The van der Waals surface area contributed by atoms with E-state index in [2.05, 4.69) is 27.1 Å². The maximum absolute atomic E-state index is 12.2. The van der Waals surface area contributed by atoms with Crippen molar-refractivity contribution >= 4 is 29.2 Å². The predicted octanol–water partition coefficient (Wildman–Crippen LogP) is 3.59. The molecule has 0 aliphatic heterocycles. The number of carbonyl (C=O) groups excluding carboxylic acids is 2. The van der Waals surface area contributed by atoms with E-state index in [1.807, 2.05) is 25.2 Å². The van der Waals surface area contributed by atoms with E-state index in [1.165, 1.54) is 18.7 Å². The van der Waals surface area contributed by atoms with E-state index in [9.17, 15) is 9.59 Å². The van der Waals surface area contributed by atoms with Crippen LogP contribution in [0.3, 0.4) is 0 Å². The number of nitrogens with zero attached hydrogens (tertiary/aromatic N) is 1. The van der Waals surface area contributed by atoms with Crippen LogP contribution in [-0.2, 0) is 16.1 Å². The first-order valence-corrected chi connectivity index (χ1v) is 8.27. The lowest BCUT2D eigenvalue weighted by Gasteiger charge is -2.16. The Morgan fingerprint density at radius 3 is 2.56 bits per heavy atom. The van der Waals surface area contributed by atoms with Gasteiger partial charge in [0.05, 0.1) is 23.4 Å². The highest BCUT2D eigenvalue weighted by molar-refractivity contribution is 6.33. The molecule has 0 saturated carbocycles. The molecule has 0 spiro atoms. The lowest BCUT2D eigenvalue weighted by Crippen LogP contribution is -2.24. The molecule has 1 N–H and O–H groups in total. The molecule has 0 saturated heterocycles. The average molecular weight is 361 g/mol. The first-order chi connectivity index (χ1) is 12.0. The molecule has 2 aromatic rings. The second kappa shape index (κ2) is 9.20. The van der Waals surface area contributed by atoms with Crippen LogP contribution in [0, 0.1) is 0 Å². The summed E-state index contributed by atoms with van der Waals surface area (Å²) in [6.07, 6.45) is 0.322. The second-order valence-electron chi connectivity index (χ2n) is 5.71. The SMILES string of the molecule is COC(=O)c1ccc(Cl)c(NC(=O)CCN(C)Cc2ccccc2)c1. The molecule has 25 heavy (non-hydrogen) atoms. The van der Waals surface area contributed by atoms with Gasteiger partial charge in [-0.15, -0.1) is 0 Å². The summed E-state index contributed by atoms with van der Waals surface area (Å²) < 4.78 is 4.67. The zero-order valence-electron chi connectivity index (χ0n) is 14.3. The summed E-state index contributed by atoms with van der Waals surface area (Å²) >= 11 is 6.08. The number of anilines is 1. The van der Waals surface area contributed by atoms with Crippen molar-refractivity contribution in [2.75, 3.05) is 26.0 Å². The number of rotatable bonds is 7. The van der Waals surface area contributed by atoms with E-state index in [1.54, 1.807) is 12.1 Å². The van der Waals surface area contributed by atoms with Gasteiger partial charge >= 0.3 is 5.97 Å². The quantitative estimate of drug-likeness (QED) is 0.766.